The monoisotopic (exact) mass is 362 g/mol. The zero-order valence-electron chi connectivity index (χ0n) is 14.5. The van der Waals surface area contributed by atoms with Gasteiger partial charge in [-0.2, -0.15) is 0 Å². The Kier molecular flexibility index (Phi) is 6.22. The molecule has 2 aromatic carbocycles. The number of rotatable bonds is 7. The fourth-order valence-electron chi connectivity index (χ4n) is 2.40. The number of hydrogen-bond acceptors (Lipinski definition) is 5. The lowest BCUT2D eigenvalue weighted by molar-refractivity contribution is 0.197. The summed E-state index contributed by atoms with van der Waals surface area (Å²) >= 11 is 0. The SMILES string of the molecule is COc1ccc(/C=C(\CC(C)O)S(=O)(=O)c2ccccc2)c(OC)c1. The molecule has 0 aliphatic rings. The Bertz CT molecular complexity index is 839. The first-order chi connectivity index (χ1) is 11.9. The molecule has 0 aliphatic heterocycles. The van der Waals surface area contributed by atoms with Crippen molar-refractivity contribution in [2.75, 3.05) is 14.2 Å². The smallest absolute Gasteiger partial charge is 0.202 e. The van der Waals surface area contributed by atoms with Crippen LogP contribution in [0.3, 0.4) is 0 Å². The largest absolute Gasteiger partial charge is 0.497 e. The third kappa shape index (κ3) is 4.61. The molecule has 0 radical (unpaired) electrons. The molecule has 0 aliphatic carbocycles. The van der Waals surface area contributed by atoms with Crippen LogP contribution in [0.5, 0.6) is 11.5 Å². The van der Waals surface area contributed by atoms with E-state index in [1.54, 1.807) is 50.4 Å². The second kappa shape index (κ2) is 8.18. The molecule has 0 amide bonds. The first-order valence-electron chi connectivity index (χ1n) is 7.79. The van der Waals surface area contributed by atoms with Crippen LogP contribution in [-0.2, 0) is 9.84 Å². The normalized spacial score (nSPS) is 13.4. The Morgan fingerprint density at radius 3 is 2.36 bits per heavy atom. The molecule has 0 heterocycles. The van der Waals surface area contributed by atoms with Crippen molar-refractivity contribution in [3.8, 4) is 11.5 Å². The van der Waals surface area contributed by atoms with Crippen LogP contribution in [0.1, 0.15) is 18.9 Å². The molecule has 0 saturated carbocycles. The summed E-state index contributed by atoms with van der Waals surface area (Å²) in [5.74, 6) is 1.10. The van der Waals surface area contributed by atoms with Crippen LogP contribution < -0.4 is 9.47 Å². The van der Waals surface area contributed by atoms with Crippen LogP contribution >= 0.6 is 0 Å². The zero-order chi connectivity index (χ0) is 18.4. The molecule has 0 bridgehead atoms. The lowest BCUT2D eigenvalue weighted by Gasteiger charge is -2.13. The van der Waals surface area contributed by atoms with Crippen LogP contribution in [0.25, 0.3) is 6.08 Å². The highest BCUT2D eigenvalue weighted by Crippen LogP contribution is 2.30. The lowest BCUT2D eigenvalue weighted by atomic mass is 10.1. The molecule has 0 spiro atoms. The van der Waals surface area contributed by atoms with Crippen molar-refractivity contribution in [1.29, 1.82) is 0 Å². The van der Waals surface area contributed by atoms with E-state index >= 15 is 0 Å². The molecule has 0 saturated heterocycles. The van der Waals surface area contributed by atoms with Crippen LogP contribution in [0.15, 0.2) is 58.3 Å². The van der Waals surface area contributed by atoms with Gasteiger partial charge < -0.3 is 14.6 Å². The lowest BCUT2D eigenvalue weighted by Crippen LogP contribution is -2.11. The molecule has 0 fully saturated rings. The van der Waals surface area contributed by atoms with Crippen LogP contribution in [0, 0.1) is 0 Å². The Hall–Kier alpha value is -2.31. The minimum atomic E-state index is -3.72. The van der Waals surface area contributed by atoms with Crippen molar-refractivity contribution >= 4 is 15.9 Å². The molecular formula is C19H22O5S. The summed E-state index contributed by atoms with van der Waals surface area (Å²) < 4.78 is 36.4. The number of aliphatic hydroxyl groups is 1. The summed E-state index contributed by atoms with van der Waals surface area (Å²) in [7, 11) is -0.670. The summed E-state index contributed by atoms with van der Waals surface area (Å²) in [6, 6.07) is 13.3. The number of methoxy groups -OCH3 is 2. The molecule has 1 atom stereocenters. The topological polar surface area (TPSA) is 72.8 Å². The van der Waals surface area contributed by atoms with Crippen molar-refractivity contribution in [1.82, 2.24) is 0 Å². The molecule has 2 aromatic rings. The van der Waals surface area contributed by atoms with Gasteiger partial charge in [0.25, 0.3) is 0 Å². The van der Waals surface area contributed by atoms with E-state index in [0.717, 1.165) is 0 Å². The minimum Gasteiger partial charge on any atom is -0.497 e. The average Bonchev–Trinajstić information content (AvgIpc) is 2.61. The molecule has 134 valence electrons. The predicted octanol–water partition coefficient (Wildman–Crippen LogP) is 3.29. The second-order valence-corrected chi connectivity index (χ2v) is 7.59. The Balaban J connectivity index is 2.57. The molecule has 2 rings (SSSR count). The second-order valence-electron chi connectivity index (χ2n) is 5.59. The molecule has 0 aromatic heterocycles. The Labute approximate surface area is 148 Å². The van der Waals surface area contributed by atoms with Gasteiger partial charge in [0.2, 0.25) is 9.84 Å². The third-order valence-corrected chi connectivity index (χ3v) is 5.52. The maximum atomic E-state index is 13.0. The molecule has 6 heteroatoms. The zero-order valence-corrected chi connectivity index (χ0v) is 15.3. The van der Waals surface area contributed by atoms with Crippen LogP contribution in [0.2, 0.25) is 0 Å². The maximum Gasteiger partial charge on any atom is 0.202 e. The highest BCUT2D eigenvalue weighted by Gasteiger charge is 2.22. The Morgan fingerprint density at radius 2 is 1.80 bits per heavy atom. The fraction of sp³-hybridized carbons (Fsp3) is 0.263. The number of hydrogen-bond donors (Lipinski definition) is 1. The molecule has 5 nitrogen and oxygen atoms in total. The highest BCUT2D eigenvalue weighted by atomic mass is 32.2. The summed E-state index contributed by atoms with van der Waals surface area (Å²) in [6.45, 7) is 1.56. The van der Waals surface area contributed by atoms with Crippen LogP contribution in [-0.4, -0.2) is 33.8 Å². The van der Waals surface area contributed by atoms with E-state index in [1.807, 2.05) is 0 Å². The van der Waals surface area contributed by atoms with Gasteiger partial charge in [-0.1, -0.05) is 18.2 Å². The number of ether oxygens (including phenoxy) is 2. The maximum absolute atomic E-state index is 13.0. The van der Waals surface area contributed by atoms with Gasteiger partial charge in [-0.15, -0.1) is 0 Å². The van der Waals surface area contributed by atoms with Gasteiger partial charge in [0.1, 0.15) is 11.5 Å². The average molecular weight is 362 g/mol. The minimum absolute atomic E-state index is 0.00636. The van der Waals surface area contributed by atoms with E-state index in [4.69, 9.17) is 9.47 Å². The first-order valence-corrected chi connectivity index (χ1v) is 9.27. The van der Waals surface area contributed by atoms with Gasteiger partial charge in [0.15, 0.2) is 0 Å². The highest BCUT2D eigenvalue weighted by molar-refractivity contribution is 7.95. The Morgan fingerprint density at radius 1 is 1.12 bits per heavy atom. The summed E-state index contributed by atoms with van der Waals surface area (Å²) in [5.41, 5.74) is 0.596. The van der Waals surface area contributed by atoms with Crippen molar-refractivity contribution in [3.05, 3.63) is 59.0 Å². The van der Waals surface area contributed by atoms with E-state index in [-0.39, 0.29) is 16.2 Å². The van der Waals surface area contributed by atoms with Gasteiger partial charge in [-0.3, -0.25) is 0 Å². The van der Waals surface area contributed by atoms with Gasteiger partial charge in [0.05, 0.1) is 30.1 Å². The molecule has 1 N–H and O–H groups in total. The van der Waals surface area contributed by atoms with Gasteiger partial charge in [0, 0.05) is 18.1 Å². The van der Waals surface area contributed by atoms with Gasteiger partial charge >= 0.3 is 0 Å². The van der Waals surface area contributed by atoms with Crippen molar-refractivity contribution in [3.63, 3.8) is 0 Å². The van der Waals surface area contributed by atoms with Gasteiger partial charge in [-0.05, 0) is 37.3 Å². The number of aliphatic hydroxyl groups excluding tert-OH is 1. The van der Waals surface area contributed by atoms with E-state index in [1.165, 1.54) is 25.3 Å². The molecule has 25 heavy (non-hydrogen) atoms. The predicted molar refractivity (Wildman–Crippen MR) is 97.4 cm³/mol. The van der Waals surface area contributed by atoms with Crippen molar-refractivity contribution in [2.45, 2.75) is 24.3 Å². The van der Waals surface area contributed by atoms with Crippen molar-refractivity contribution < 1.29 is 23.0 Å². The first kappa shape index (κ1) is 19.0. The molecule has 1 unspecified atom stereocenters. The van der Waals surface area contributed by atoms with Gasteiger partial charge in [-0.25, -0.2) is 8.42 Å². The summed E-state index contributed by atoms with van der Waals surface area (Å²) in [5, 5.41) is 9.76. The summed E-state index contributed by atoms with van der Waals surface area (Å²) in [4.78, 5) is 0.312. The van der Waals surface area contributed by atoms with E-state index in [9.17, 15) is 13.5 Å². The van der Waals surface area contributed by atoms with E-state index in [2.05, 4.69) is 0 Å². The third-order valence-electron chi connectivity index (χ3n) is 3.65. The fourth-order valence-corrected chi connectivity index (χ4v) is 3.96. The van der Waals surface area contributed by atoms with E-state index in [0.29, 0.717) is 17.1 Å². The number of benzene rings is 2. The molecular weight excluding hydrogens is 340 g/mol. The van der Waals surface area contributed by atoms with Crippen LogP contribution in [0.4, 0.5) is 0 Å². The van der Waals surface area contributed by atoms with Crippen molar-refractivity contribution in [2.24, 2.45) is 0 Å². The quantitative estimate of drug-likeness (QED) is 0.818. The van der Waals surface area contributed by atoms with E-state index < -0.39 is 15.9 Å². The standard InChI is InChI=1S/C19H22O5S/c1-14(20)11-18(25(21,22)17-7-5-4-6-8-17)12-15-9-10-16(23-2)13-19(15)24-3/h4-10,12-14,20H,11H2,1-3H3/b18-12+. The summed E-state index contributed by atoms with van der Waals surface area (Å²) in [6.07, 6.45) is 0.744. The number of sulfone groups is 1.